The van der Waals surface area contributed by atoms with E-state index in [-0.39, 0.29) is 18.0 Å². The minimum absolute atomic E-state index is 0.0921. The van der Waals surface area contributed by atoms with Gasteiger partial charge in [0.2, 0.25) is 5.91 Å². The molecule has 2 aliphatic rings. The molecule has 2 saturated heterocycles. The number of carbonyl (C=O) groups excluding carboxylic acids is 2. The molecule has 2 amide bonds. The quantitative estimate of drug-likeness (QED) is 0.854. The average Bonchev–Trinajstić information content (AvgIpc) is 2.78. The fourth-order valence-electron chi connectivity index (χ4n) is 4.12. The molecule has 2 bridgehead atoms. The van der Waals surface area contributed by atoms with Gasteiger partial charge in [0, 0.05) is 17.6 Å². The maximum Gasteiger partial charge on any atom is 0.411 e. The number of rotatable bonds is 3. The molecule has 2 atom stereocenters. The Balaban J connectivity index is 1.76. The Labute approximate surface area is 160 Å². The summed E-state index contributed by atoms with van der Waals surface area (Å²) >= 11 is 6.01. The van der Waals surface area contributed by atoms with Crippen LogP contribution in [-0.2, 0) is 16.1 Å². The Hall–Kier alpha value is -1.75. The van der Waals surface area contributed by atoms with Crippen LogP contribution in [-0.4, -0.2) is 34.1 Å². The highest BCUT2D eigenvalue weighted by atomic mass is 35.5. The van der Waals surface area contributed by atoms with Gasteiger partial charge in [-0.25, -0.2) is 4.79 Å². The molecule has 1 N–H and O–H groups in total. The summed E-state index contributed by atoms with van der Waals surface area (Å²) in [6.07, 6.45) is 3.74. The Morgan fingerprint density at radius 3 is 2.77 bits per heavy atom. The zero-order chi connectivity index (χ0) is 18.9. The number of fused-ring (bicyclic) bond motifs is 2. The molecule has 2 aliphatic heterocycles. The number of benzene rings is 1. The maximum atomic E-state index is 13.1. The second kappa shape index (κ2) is 7.10. The molecule has 3 rings (SSSR count). The van der Waals surface area contributed by atoms with Crippen LogP contribution in [0.3, 0.4) is 0 Å². The fraction of sp³-hybridized carbons (Fsp3) is 0.600. The van der Waals surface area contributed by atoms with Gasteiger partial charge in [0.1, 0.15) is 11.1 Å². The number of nitrogens with one attached hydrogen (secondary N) is 1. The number of hydrogen-bond acceptors (Lipinski definition) is 3. The smallest absolute Gasteiger partial charge is 0.411 e. The molecule has 2 heterocycles. The molecule has 26 heavy (non-hydrogen) atoms. The van der Waals surface area contributed by atoms with Crippen LogP contribution in [0.15, 0.2) is 24.3 Å². The van der Waals surface area contributed by atoms with Crippen LogP contribution in [0.2, 0.25) is 5.02 Å². The molecule has 1 aromatic rings. The Bertz CT molecular complexity index is 697. The van der Waals surface area contributed by atoms with E-state index >= 15 is 0 Å². The van der Waals surface area contributed by atoms with Gasteiger partial charge in [-0.3, -0.25) is 9.69 Å². The summed E-state index contributed by atoms with van der Waals surface area (Å²) in [5.74, 6) is -0.0921. The van der Waals surface area contributed by atoms with Crippen LogP contribution < -0.4 is 5.32 Å². The molecule has 0 aliphatic carbocycles. The third-order valence-electron chi connectivity index (χ3n) is 5.20. The van der Waals surface area contributed by atoms with E-state index in [9.17, 15) is 9.59 Å². The average molecular weight is 379 g/mol. The van der Waals surface area contributed by atoms with Crippen LogP contribution in [0.25, 0.3) is 0 Å². The predicted octanol–water partition coefficient (Wildman–Crippen LogP) is 4.28. The normalized spacial score (nSPS) is 25.1. The van der Waals surface area contributed by atoms with Crippen molar-refractivity contribution >= 4 is 23.6 Å². The number of amides is 2. The summed E-state index contributed by atoms with van der Waals surface area (Å²) in [7, 11) is 0. The van der Waals surface area contributed by atoms with Crippen LogP contribution in [0.1, 0.15) is 58.4 Å². The predicted molar refractivity (Wildman–Crippen MR) is 101 cm³/mol. The standard InChI is InChI=1S/C20H27ClN2O3/c1-19(2,3)26-18(25)23-16-8-5-10-20(23,11-9-16)17(24)22-13-14-6-4-7-15(21)12-14/h4,6-7,12,16H,5,8-11,13H2,1-3H3,(H,22,24). The third kappa shape index (κ3) is 3.83. The number of halogens is 1. The van der Waals surface area contributed by atoms with Gasteiger partial charge in [-0.1, -0.05) is 23.7 Å². The van der Waals surface area contributed by atoms with Crippen molar-refractivity contribution in [1.82, 2.24) is 10.2 Å². The molecule has 2 fully saturated rings. The minimum atomic E-state index is -0.788. The lowest BCUT2D eigenvalue weighted by Crippen LogP contribution is -2.61. The van der Waals surface area contributed by atoms with Gasteiger partial charge >= 0.3 is 6.09 Å². The second-order valence-corrected chi connectivity index (χ2v) is 8.72. The van der Waals surface area contributed by atoms with Gasteiger partial charge in [0.15, 0.2) is 0 Å². The van der Waals surface area contributed by atoms with Crippen molar-refractivity contribution in [3.8, 4) is 0 Å². The van der Waals surface area contributed by atoms with Crippen molar-refractivity contribution < 1.29 is 14.3 Å². The summed E-state index contributed by atoms with van der Waals surface area (Å²) < 4.78 is 5.60. The number of nitrogens with zero attached hydrogens (tertiary/aromatic N) is 1. The number of piperidine rings is 1. The molecule has 142 valence electrons. The van der Waals surface area contributed by atoms with Crippen LogP contribution in [0.4, 0.5) is 4.79 Å². The summed E-state index contributed by atoms with van der Waals surface area (Å²) in [6.45, 7) is 5.95. The molecule has 0 spiro atoms. The molecular formula is C20H27ClN2O3. The zero-order valence-electron chi connectivity index (χ0n) is 15.7. The topological polar surface area (TPSA) is 58.6 Å². The van der Waals surface area contributed by atoms with Crippen molar-refractivity contribution in [3.63, 3.8) is 0 Å². The van der Waals surface area contributed by atoms with Gasteiger partial charge in [-0.05, 0) is 70.6 Å². The van der Waals surface area contributed by atoms with Crippen molar-refractivity contribution in [2.45, 2.75) is 76.6 Å². The molecule has 2 unspecified atom stereocenters. The second-order valence-electron chi connectivity index (χ2n) is 8.28. The maximum absolute atomic E-state index is 13.1. The van der Waals surface area contributed by atoms with E-state index in [0.29, 0.717) is 24.4 Å². The first kappa shape index (κ1) is 19.0. The third-order valence-corrected chi connectivity index (χ3v) is 5.44. The van der Waals surface area contributed by atoms with Crippen molar-refractivity contribution in [3.05, 3.63) is 34.9 Å². The van der Waals surface area contributed by atoms with E-state index < -0.39 is 11.1 Å². The molecule has 0 aromatic heterocycles. The van der Waals surface area contributed by atoms with E-state index in [1.54, 1.807) is 11.0 Å². The molecular weight excluding hydrogens is 352 g/mol. The lowest BCUT2D eigenvalue weighted by atomic mass is 9.87. The van der Waals surface area contributed by atoms with Gasteiger partial charge < -0.3 is 10.1 Å². The highest BCUT2D eigenvalue weighted by Crippen LogP contribution is 2.45. The molecule has 1 aromatic carbocycles. The molecule has 5 nitrogen and oxygen atoms in total. The summed E-state index contributed by atoms with van der Waals surface area (Å²) in [5.41, 5.74) is -0.424. The molecule has 0 radical (unpaired) electrons. The highest BCUT2D eigenvalue weighted by Gasteiger charge is 2.56. The van der Waals surface area contributed by atoms with E-state index in [4.69, 9.17) is 16.3 Å². The van der Waals surface area contributed by atoms with Crippen LogP contribution in [0.5, 0.6) is 0 Å². The van der Waals surface area contributed by atoms with Gasteiger partial charge in [-0.2, -0.15) is 0 Å². The van der Waals surface area contributed by atoms with Crippen molar-refractivity contribution in [2.24, 2.45) is 0 Å². The number of ether oxygens (including phenoxy) is 1. The molecule has 6 heteroatoms. The highest BCUT2D eigenvalue weighted by molar-refractivity contribution is 6.30. The Morgan fingerprint density at radius 1 is 1.31 bits per heavy atom. The monoisotopic (exact) mass is 378 g/mol. The van der Waals surface area contributed by atoms with Crippen LogP contribution in [0, 0.1) is 0 Å². The first-order chi connectivity index (χ1) is 12.2. The van der Waals surface area contributed by atoms with Crippen LogP contribution >= 0.6 is 11.6 Å². The first-order valence-electron chi connectivity index (χ1n) is 9.26. The Kier molecular flexibility index (Phi) is 5.20. The van der Waals surface area contributed by atoms with Gasteiger partial charge in [0.05, 0.1) is 0 Å². The van der Waals surface area contributed by atoms with Crippen molar-refractivity contribution in [2.75, 3.05) is 0 Å². The Morgan fingerprint density at radius 2 is 2.08 bits per heavy atom. The molecule has 0 saturated carbocycles. The van der Waals surface area contributed by atoms with E-state index in [0.717, 1.165) is 24.8 Å². The number of carbonyl (C=O) groups is 2. The summed E-state index contributed by atoms with van der Waals surface area (Å²) in [4.78, 5) is 27.6. The largest absolute Gasteiger partial charge is 0.444 e. The summed E-state index contributed by atoms with van der Waals surface area (Å²) in [5, 5.41) is 3.66. The van der Waals surface area contributed by atoms with E-state index in [1.165, 1.54) is 0 Å². The zero-order valence-corrected chi connectivity index (χ0v) is 16.4. The lowest BCUT2D eigenvalue weighted by Gasteiger charge is -2.43. The lowest BCUT2D eigenvalue weighted by molar-refractivity contribution is -0.134. The SMILES string of the molecule is CC(C)(C)OC(=O)N1C2CCCC1(C(=O)NCc1cccc(Cl)c1)CC2. The van der Waals surface area contributed by atoms with Crippen molar-refractivity contribution in [1.29, 1.82) is 0 Å². The fourth-order valence-corrected chi connectivity index (χ4v) is 4.33. The van der Waals surface area contributed by atoms with Gasteiger partial charge in [-0.15, -0.1) is 0 Å². The van der Waals surface area contributed by atoms with E-state index in [2.05, 4.69) is 5.32 Å². The number of hydrogen-bond donors (Lipinski definition) is 1. The van der Waals surface area contributed by atoms with E-state index in [1.807, 2.05) is 39.0 Å². The van der Waals surface area contributed by atoms with Gasteiger partial charge in [0.25, 0.3) is 0 Å². The first-order valence-corrected chi connectivity index (χ1v) is 9.64. The summed E-state index contributed by atoms with van der Waals surface area (Å²) in [6, 6.07) is 7.52. The minimum Gasteiger partial charge on any atom is -0.444 e.